The number of nitrogens with zero attached hydrogens (tertiary/aromatic N) is 2. The van der Waals surface area contributed by atoms with Crippen molar-refractivity contribution in [2.45, 2.75) is 39.7 Å². The van der Waals surface area contributed by atoms with Gasteiger partial charge in [0.2, 0.25) is 5.91 Å². The summed E-state index contributed by atoms with van der Waals surface area (Å²) in [5.41, 5.74) is 3.51. The molecule has 1 aliphatic rings. The Morgan fingerprint density at radius 2 is 2.11 bits per heavy atom. The summed E-state index contributed by atoms with van der Waals surface area (Å²) in [4.78, 5) is 43.6. The van der Waals surface area contributed by atoms with Crippen molar-refractivity contribution in [2.75, 3.05) is 23.9 Å². The summed E-state index contributed by atoms with van der Waals surface area (Å²) in [6.07, 6.45) is 8.22. The van der Waals surface area contributed by atoms with E-state index in [1.165, 1.54) is 41.5 Å². The maximum Gasteiger partial charge on any atom is 0.341 e. The maximum absolute atomic E-state index is 12.6. The Balaban J connectivity index is 1.42. The third-order valence-electron chi connectivity index (χ3n) is 5.92. The molecule has 0 radical (unpaired) electrons. The van der Waals surface area contributed by atoms with Gasteiger partial charge in [-0.2, -0.15) is 4.99 Å². The predicted octanol–water partition coefficient (Wildman–Crippen LogP) is 4.42. The topological polar surface area (TPSA) is 89.8 Å². The minimum Gasteiger partial charge on any atom is -0.465 e. The number of anilines is 1. The minimum absolute atomic E-state index is 0.0546. The van der Waals surface area contributed by atoms with Crippen LogP contribution in [0.4, 0.5) is 5.00 Å². The van der Waals surface area contributed by atoms with Gasteiger partial charge >= 0.3 is 5.97 Å². The molecule has 7 nitrogen and oxygen atoms in total. The summed E-state index contributed by atoms with van der Waals surface area (Å²) >= 11 is 4.04. The molecule has 3 aromatic rings. The number of carbonyl (C=O) groups is 3. The van der Waals surface area contributed by atoms with Crippen molar-refractivity contribution >= 4 is 67.4 Å². The van der Waals surface area contributed by atoms with Gasteiger partial charge in [-0.1, -0.05) is 30.2 Å². The highest BCUT2D eigenvalue weighted by Crippen LogP contribution is 2.40. The van der Waals surface area contributed by atoms with E-state index < -0.39 is 5.97 Å². The van der Waals surface area contributed by atoms with Gasteiger partial charge in [0.05, 0.1) is 40.9 Å². The lowest BCUT2D eigenvalue weighted by Crippen LogP contribution is -2.19. The molecule has 1 N–H and O–H groups in total. The number of terminal acetylenes is 1. The number of thiazole rings is 1. The number of rotatable bonds is 7. The van der Waals surface area contributed by atoms with E-state index in [9.17, 15) is 14.4 Å². The molecule has 1 aliphatic carbocycles. The van der Waals surface area contributed by atoms with Crippen LogP contribution in [0.5, 0.6) is 0 Å². The lowest BCUT2D eigenvalue weighted by molar-refractivity contribution is -0.115. The zero-order valence-corrected chi connectivity index (χ0v) is 22.8. The second-order valence-corrected chi connectivity index (χ2v) is 11.8. The number of esters is 1. The average Bonchev–Trinajstić information content (AvgIpc) is 3.35. The van der Waals surface area contributed by atoms with Crippen LogP contribution in [-0.4, -0.2) is 41.0 Å². The fraction of sp³-hybridized carbons (Fsp3) is 0.385. The molecule has 2 amide bonds. The fourth-order valence-electron chi connectivity index (χ4n) is 4.20. The zero-order valence-electron chi connectivity index (χ0n) is 20.4. The van der Waals surface area contributed by atoms with Crippen molar-refractivity contribution in [1.82, 2.24) is 4.57 Å². The summed E-state index contributed by atoms with van der Waals surface area (Å²) in [6.45, 7) is 4.51. The normalized spacial score (nSPS) is 15.4. The Hall–Kier alpha value is -2.87. The molecule has 1 atom stereocenters. The van der Waals surface area contributed by atoms with Crippen LogP contribution in [0.15, 0.2) is 23.2 Å². The van der Waals surface area contributed by atoms with Crippen LogP contribution < -0.4 is 10.1 Å². The number of nitrogens with one attached hydrogen (secondary N) is 1. The van der Waals surface area contributed by atoms with E-state index in [4.69, 9.17) is 11.2 Å². The van der Waals surface area contributed by atoms with Gasteiger partial charge in [-0.05, 0) is 55.4 Å². The fourth-order valence-corrected chi connectivity index (χ4v) is 7.36. The van der Waals surface area contributed by atoms with Crippen LogP contribution in [0.2, 0.25) is 0 Å². The average molecular weight is 542 g/mol. The molecule has 10 heteroatoms. The molecular weight excluding hydrogens is 515 g/mol. The molecule has 0 aliphatic heterocycles. The van der Waals surface area contributed by atoms with E-state index in [2.05, 4.69) is 23.2 Å². The molecule has 4 rings (SSSR count). The lowest BCUT2D eigenvalue weighted by atomic mass is 9.88. The third kappa shape index (κ3) is 5.75. The van der Waals surface area contributed by atoms with Crippen molar-refractivity contribution in [3.63, 3.8) is 0 Å². The number of thioether (sulfide) groups is 1. The third-order valence-corrected chi connectivity index (χ3v) is 9.05. The van der Waals surface area contributed by atoms with Crippen molar-refractivity contribution in [2.24, 2.45) is 10.9 Å². The summed E-state index contributed by atoms with van der Waals surface area (Å²) < 4.78 is 7.84. The zero-order chi connectivity index (χ0) is 25.8. The summed E-state index contributed by atoms with van der Waals surface area (Å²) in [5.74, 6) is 2.24. The van der Waals surface area contributed by atoms with Crippen molar-refractivity contribution in [3.8, 4) is 12.3 Å². The number of hydrogen-bond acceptors (Lipinski definition) is 7. The van der Waals surface area contributed by atoms with Gasteiger partial charge in [0.15, 0.2) is 4.80 Å². The second-order valence-electron chi connectivity index (χ2n) is 8.74. The molecule has 188 valence electrons. The molecule has 0 bridgehead atoms. The first-order chi connectivity index (χ1) is 17.3. The molecular formula is C26H27N3O4S3. The molecule has 1 aromatic carbocycles. The number of fused-ring (bicyclic) bond motifs is 2. The van der Waals surface area contributed by atoms with Gasteiger partial charge in [0, 0.05) is 4.88 Å². The largest absolute Gasteiger partial charge is 0.465 e. The maximum atomic E-state index is 12.6. The standard InChI is InChI=1S/C26H27N3O4S3/c1-5-10-29-18-9-7-16(3)12-20(18)36-26(29)28-22(31)14-34-13-21(30)27-24-23(25(32)33-4)17-8-6-15(2)11-19(17)35-24/h1,7,9,12,15H,6,8,10-11,13-14H2,2-4H3,(H,27,30). The van der Waals surface area contributed by atoms with Crippen LogP contribution in [0.3, 0.4) is 0 Å². The number of aryl methyl sites for hydroxylation is 1. The Bertz CT molecular complexity index is 1440. The lowest BCUT2D eigenvalue weighted by Gasteiger charge is -2.18. The number of aromatic nitrogens is 1. The molecule has 0 fully saturated rings. The van der Waals surface area contributed by atoms with Gasteiger partial charge in [-0.25, -0.2) is 4.79 Å². The predicted molar refractivity (Wildman–Crippen MR) is 147 cm³/mol. The summed E-state index contributed by atoms with van der Waals surface area (Å²) in [6, 6.07) is 6.02. The highest BCUT2D eigenvalue weighted by atomic mass is 32.2. The van der Waals surface area contributed by atoms with E-state index in [0.717, 1.165) is 45.5 Å². The Morgan fingerprint density at radius 3 is 2.86 bits per heavy atom. The quantitative estimate of drug-likeness (QED) is 0.353. The molecule has 2 aromatic heterocycles. The van der Waals surface area contributed by atoms with E-state index >= 15 is 0 Å². The molecule has 0 spiro atoms. The number of thiophene rings is 1. The SMILES string of the molecule is C#CCn1c(=NC(=O)CSCC(=O)Nc2sc3c(c2C(=O)OC)CCC(C)C3)sc2cc(C)ccc21. The molecule has 36 heavy (non-hydrogen) atoms. The smallest absolute Gasteiger partial charge is 0.341 e. The highest BCUT2D eigenvalue weighted by Gasteiger charge is 2.28. The van der Waals surface area contributed by atoms with Crippen LogP contribution in [0.1, 0.15) is 39.7 Å². The van der Waals surface area contributed by atoms with Crippen molar-refractivity contribution in [3.05, 3.63) is 44.6 Å². The van der Waals surface area contributed by atoms with Crippen LogP contribution in [0.25, 0.3) is 10.2 Å². The van der Waals surface area contributed by atoms with Gasteiger partial charge in [-0.15, -0.1) is 29.5 Å². The second kappa shape index (κ2) is 11.5. The Morgan fingerprint density at radius 1 is 1.31 bits per heavy atom. The van der Waals surface area contributed by atoms with Gasteiger partial charge in [0.25, 0.3) is 5.91 Å². The molecule has 1 unspecified atom stereocenters. The number of carbonyl (C=O) groups excluding carboxylic acids is 3. The van der Waals surface area contributed by atoms with Gasteiger partial charge in [0.1, 0.15) is 5.00 Å². The highest BCUT2D eigenvalue weighted by molar-refractivity contribution is 8.00. The van der Waals surface area contributed by atoms with Crippen LogP contribution in [-0.2, 0) is 33.7 Å². The number of amides is 2. The van der Waals surface area contributed by atoms with Crippen molar-refractivity contribution in [1.29, 1.82) is 0 Å². The number of hydrogen-bond donors (Lipinski definition) is 1. The van der Waals surface area contributed by atoms with E-state index in [0.29, 0.717) is 27.8 Å². The monoisotopic (exact) mass is 541 g/mol. The first-order valence-electron chi connectivity index (χ1n) is 11.5. The molecule has 0 saturated heterocycles. The first kappa shape index (κ1) is 26.2. The van der Waals surface area contributed by atoms with E-state index in [1.807, 2.05) is 29.7 Å². The van der Waals surface area contributed by atoms with Crippen LogP contribution >= 0.6 is 34.4 Å². The number of ether oxygens (including phenoxy) is 1. The van der Waals surface area contributed by atoms with Crippen molar-refractivity contribution < 1.29 is 19.1 Å². The molecule has 0 saturated carbocycles. The number of methoxy groups -OCH3 is 1. The Labute approximate surface area is 222 Å². The number of benzene rings is 1. The van der Waals surface area contributed by atoms with Crippen LogP contribution in [0, 0.1) is 25.2 Å². The summed E-state index contributed by atoms with van der Waals surface area (Å²) in [7, 11) is 1.35. The van der Waals surface area contributed by atoms with Gasteiger partial charge < -0.3 is 14.6 Å². The summed E-state index contributed by atoms with van der Waals surface area (Å²) in [5, 5.41) is 3.39. The minimum atomic E-state index is -0.433. The molecule has 2 heterocycles. The van der Waals surface area contributed by atoms with E-state index in [-0.39, 0.29) is 23.3 Å². The van der Waals surface area contributed by atoms with Gasteiger partial charge in [-0.3, -0.25) is 9.59 Å². The Kier molecular flexibility index (Phi) is 8.34. The first-order valence-corrected chi connectivity index (χ1v) is 14.3. The van der Waals surface area contributed by atoms with E-state index in [1.54, 1.807) is 0 Å².